The largest absolute Gasteiger partial charge is 0.352 e. The van der Waals surface area contributed by atoms with Gasteiger partial charge in [0.2, 0.25) is 5.91 Å². The lowest BCUT2D eigenvalue weighted by atomic mass is 10.1. The highest BCUT2D eigenvalue weighted by atomic mass is 16.1. The molecule has 3 aromatic rings. The summed E-state index contributed by atoms with van der Waals surface area (Å²) in [6, 6.07) is 15.6. The van der Waals surface area contributed by atoms with E-state index < -0.39 is 0 Å². The maximum absolute atomic E-state index is 12.0. The fourth-order valence-electron chi connectivity index (χ4n) is 2.65. The van der Waals surface area contributed by atoms with Gasteiger partial charge in [-0.05, 0) is 29.7 Å². The van der Waals surface area contributed by atoms with Crippen LogP contribution in [0.4, 0.5) is 0 Å². The third-order valence-corrected chi connectivity index (χ3v) is 4.18. The van der Waals surface area contributed by atoms with E-state index in [2.05, 4.69) is 34.3 Å². The fraction of sp³-hybridized carbons (Fsp3) is 0.250. The highest BCUT2D eigenvalue weighted by molar-refractivity contribution is 5.76. The summed E-state index contributed by atoms with van der Waals surface area (Å²) in [5, 5.41) is 2.88. The zero-order valence-electron chi connectivity index (χ0n) is 14.2. The fourth-order valence-corrected chi connectivity index (χ4v) is 2.65. The molecule has 5 heteroatoms. The van der Waals surface area contributed by atoms with Crippen LogP contribution in [0, 0.1) is 0 Å². The van der Waals surface area contributed by atoms with E-state index in [-0.39, 0.29) is 17.9 Å². The van der Waals surface area contributed by atoms with Crippen LogP contribution >= 0.6 is 0 Å². The van der Waals surface area contributed by atoms with Crippen molar-refractivity contribution >= 4 is 16.9 Å². The van der Waals surface area contributed by atoms with Gasteiger partial charge in [-0.1, -0.05) is 43.3 Å². The van der Waals surface area contributed by atoms with Gasteiger partial charge in [0.05, 0.1) is 11.0 Å². The third-order valence-electron chi connectivity index (χ3n) is 4.18. The molecule has 0 saturated heterocycles. The van der Waals surface area contributed by atoms with Gasteiger partial charge in [-0.15, -0.1) is 0 Å². The normalized spacial score (nSPS) is 10.8. The molecular weight excluding hydrogens is 314 g/mol. The number of aromatic amines is 1. The van der Waals surface area contributed by atoms with E-state index in [1.54, 1.807) is 0 Å². The molecule has 1 amide bonds. The highest BCUT2D eigenvalue weighted by Crippen LogP contribution is 2.07. The van der Waals surface area contributed by atoms with Gasteiger partial charge >= 0.3 is 0 Å². The van der Waals surface area contributed by atoms with Gasteiger partial charge in [-0.25, -0.2) is 4.98 Å². The van der Waals surface area contributed by atoms with Crippen molar-refractivity contribution in [2.75, 3.05) is 0 Å². The van der Waals surface area contributed by atoms with Crippen LogP contribution in [0.3, 0.4) is 0 Å². The van der Waals surface area contributed by atoms with Crippen LogP contribution in [0.5, 0.6) is 0 Å². The van der Waals surface area contributed by atoms with E-state index in [9.17, 15) is 9.59 Å². The molecule has 0 aliphatic heterocycles. The molecule has 0 saturated carbocycles. The lowest BCUT2D eigenvalue weighted by molar-refractivity contribution is -0.121. The Hall–Kier alpha value is -2.95. The smallest absolute Gasteiger partial charge is 0.270 e. The SMILES string of the molecule is CCc1ccc(CNC(=O)CCc2nc3ccccc3[nH]c2=O)cc1. The minimum absolute atomic E-state index is 0.0890. The number of aromatic nitrogens is 2. The predicted octanol–water partition coefficient (Wildman–Crippen LogP) is 2.73. The first-order valence-electron chi connectivity index (χ1n) is 8.48. The summed E-state index contributed by atoms with van der Waals surface area (Å²) in [6.45, 7) is 2.60. The Kier molecular flexibility index (Phi) is 5.23. The first-order chi connectivity index (χ1) is 12.2. The molecule has 2 aromatic carbocycles. The Bertz CT molecular complexity index is 930. The molecule has 0 radical (unpaired) electrons. The second-order valence-electron chi connectivity index (χ2n) is 5.98. The number of fused-ring (bicyclic) bond motifs is 1. The molecule has 128 valence electrons. The molecule has 3 rings (SSSR count). The number of H-pyrrole nitrogens is 1. The Morgan fingerprint density at radius 1 is 1.08 bits per heavy atom. The van der Waals surface area contributed by atoms with Gasteiger partial charge < -0.3 is 10.3 Å². The van der Waals surface area contributed by atoms with Crippen molar-refractivity contribution in [2.45, 2.75) is 32.7 Å². The Balaban J connectivity index is 1.56. The van der Waals surface area contributed by atoms with Gasteiger partial charge in [0.15, 0.2) is 0 Å². The number of carbonyl (C=O) groups excluding carboxylic acids is 1. The summed E-state index contributed by atoms with van der Waals surface area (Å²) in [5.74, 6) is -0.0890. The molecule has 0 atom stereocenters. The van der Waals surface area contributed by atoms with Crippen molar-refractivity contribution in [1.82, 2.24) is 15.3 Å². The van der Waals surface area contributed by atoms with Gasteiger partial charge in [-0.2, -0.15) is 0 Å². The zero-order chi connectivity index (χ0) is 17.6. The third kappa shape index (κ3) is 4.32. The van der Waals surface area contributed by atoms with Crippen molar-refractivity contribution in [3.8, 4) is 0 Å². The number of rotatable bonds is 6. The number of hydrogen-bond donors (Lipinski definition) is 2. The van der Waals surface area contributed by atoms with Crippen LogP contribution in [-0.4, -0.2) is 15.9 Å². The van der Waals surface area contributed by atoms with Crippen molar-refractivity contribution in [2.24, 2.45) is 0 Å². The van der Waals surface area contributed by atoms with Crippen LogP contribution < -0.4 is 10.9 Å². The van der Waals surface area contributed by atoms with E-state index in [1.165, 1.54) is 5.56 Å². The molecule has 0 fully saturated rings. The van der Waals surface area contributed by atoms with Crippen molar-refractivity contribution in [1.29, 1.82) is 0 Å². The second kappa shape index (κ2) is 7.75. The summed E-state index contributed by atoms with van der Waals surface area (Å²) < 4.78 is 0. The van der Waals surface area contributed by atoms with Gasteiger partial charge in [0.25, 0.3) is 5.56 Å². The number of nitrogens with one attached hydrogen (secondary N) is 2. The first kappa shape index (κ1) is 16.9. The van der Waals surface area contributed by atoms with Crippen molar-refractivity contribution in [3.63, 3.8) is 0 Å². The molecule has 0 bridgehead atoms. The molecular formula is C20H21N3O2. The molecule has 25 heavy (non-hydrogen) atoms. The molecule has 0 aliphatic rings. The standard InChI is InChI=1S/C20H21N3O2/c1-2-14-7-9-15(10-8-14)13-21-19(24)12-11-18-20(25)23-17-6-4-3-5-16(17)22-18/h3-10H,2,11-13H2,1H3,(H,21,24)(H,23,25). The average Bonchev–Trinajstić information content (AvgIpc) is 2.65. The molecule has 1 aromatic heterocycles. The van der Waals surface area contributed by atoms with Crippen molar-refractivity contribution < 1.29 is 4.79 Å². The van der Waals surface area contributed by atoms with Crippen LogP contribution in [0.1, 0.15) is 30.2 Å². The minimum atomic E-state index is -0.235. The Morgan fingerprint density at radius 3 is 2.56 bits per heavy atom. The lowest BCUT2D eigenvalue weighted by Crippen LogP contribution is -2.24. The van der Waals surface area contributed by atoms with E-state index in [0.717, 1.165) is 17.5 Å². The molecule has 0 aliphatic carbocycles. The van der Waals surface area contributed by atoms with E-state index in [4.69, 9.17) is 0 Å². The maximum Gasteiger partial charge on any atom is 0.270 e. The number of amides is 1. The monoisotopic (exact) mass is 335 g/mol. The topological polar surface area (TPSA) is 74.8 Å². The van der Waals surface area contributed by atoms with Crippen LogP contribution in [0.25, 0.3) is 11.0 Å². The Morgan fingerprint density at radius 2 is 1.80 bits per heavy atom. The van der Waals surface area contributed by atoms with Crippen molar-refractivity contribution in [3.05, 3.63) is 75.7 Å². The molecule has 0 spiro atoms. The molecule has 2 N–H and O–H groups in total. The van der Waals surface area contributed by atoms with E-state index in [1.807, 2.05) is 36.4 Å². The van der Waals surface area contributed by atoms with E-state index >= 15 is 0 Å². The predicted molar refractivity (Wildman–Crippen MR) is 98.4 cm³/mol. The lowest BCUT2D eigenvalue weighted by Gasteiger charge is -2.06. The number of hydrogen-bond acceptors (Lipinski definition) is 3. The number of carbonyl (C=O) groups is 1. The summed E-state index contributed by atoms with van der Waals surface area (Å²) >= 11 is 0. The van der Waals surface area contributed by atoms with Crippen LogP contribution in [0.15, 0.2) is 53.3 Å². The van der Waals surface area contributed by atoms with Crippen LogP contribution in [-0.2, 0) is 24.2 Å². The van der Waals surface area contributed by atoms with Crippen LogP contribution in [0.2, 0.25) is 0 Å². The molecule has 0 unspecified atom stereocenters. The summed E-state index contributed by atoms with van der Waals surface area (Å²) in [4.78, 5) is 31.2. The summed E-state index contributed by atoms with van der Waals surface area (Å²) in [7, 11) is 0. The number of benzene rings is 2. The quantitative estimate of drug-likeness (QED) is 0.727. The molecule has 1 heterocycles. The number of nitrogens with zero attached hydrogens (tertiary/aromatic N) is 1. The van der Waals surface area contributed by atoms with Gasteiger partial charge in [0.1, 0.15) is 5.69 Å². The first-order valence-corrected chi connectivity index (χ1v) is 8.48. The zero-order valence-corrected chi connectivity index (χ0v) is 14.2. The second-order valence-corrected chi connectivity index (χ2v) is 5.98. The minimum Gasteiger partial charge on any atom is -0.352 e. The maximum atomic E-state index is 12.0. The Labute approximate surface area is 146 Å². The highest BCUT2D eigenvalue weighted by Gasteiger charge is 2.08. The average molecular weight is 335 g/mol. The van der Waals surface area contributed by atoms with Gasteiger partial charge in [0, 0.05) is 19.4 Å². The number of para-hydroxylation sites is 2. The summed E-state index contributed by atoms with van der Waals surface area (Å²) in [5.41, 5.74) is 3.93. The van der Waals surface area contributed by atoms with Gasteiger partial charge in [-0.3, -0.25) is 9.59 Å². The summed E-state index contributed by atoms with van der Waals surface area (Å²) in [6.07, 6.45) is 1.56. The van der Waals surface area contributed by atoms with E-state index in [0.29, 0.717) is 24.2 Å². The molecule has 5 nitrogen and oxygen atoms in total. The number of aryl methyl sites for hydroxylation is 2.